The van der Waals surface area contributed by atoms with Crippen molar-refractivity contribution >= 4 is 23.2 Å². The van der Waals surface area contributed by atoms with Gasteiger partial charge in [0, 0.05) is 11.6 Å². The van der Waals surface area contributed by atoms with Crippen LogP contribution in [0.25, 0.3) is 0 Å². The highest BCUT2D eigenvalue weighted by atomic mass is 35.5. The number of hydrogen-bond donors (Lipinski definition) is 1. The van der Waals surface area contributed by atoms with Gasteiger partial charge in [-0.05, 0) is 30.5 Å². The highest BCUT2D eigenvalue weighted by Crippen LogP contribution is 2.26. The van der Waals surface area contributed by atoms with E-state index in [2.05, 4.69) is 0 Å². The first-order valence-electron chi connectivity index (χ1n) is 4.24. The van der Waals surface area contributed by atoms with E-state index in [1.165, 1.54) is 0 Å². The molecule has 0 radical (unpaired) electrons. The van der Waals surface area contributed by atoms with Crippen LogP contribution in [0.2, 0.25) is 5.02 Å². The fraction of sp³-hybridized carbons (Fsp3) is 0.400. The van der Waals surface area contributed by atoms with Crippen LogP contribution < -0.4 is 0 Å². The number of alkyl halides is 1. The molecule has 1 aromatic carbocycles. The molecule has 0 fully saturated rings. The summed E-state index contributed by atoms with van der Waals surface area (Å²) in [6, 6.07) is 7.48. The van der Waals surface area contributed by atoms with Gasteiger partial charge in [-0.2, -0.15) is 0 Å². The molecule has 1 unspecified atom stereocenters. The summed E-state index contributed by atoms with van der Waals surface area (Å²) < 4.78 is 0. The number of rotatable bonds is 4. The molecular weight excluding hydrogens is 207 g/mol. The molecule has 13 heavy (non-hydrogen) atoms. The molecule has 0 saturated carbocycles. The Balaban J connectivity index is 2.55. The van der Waals surface area contributed by atoms with Gasteiger partial charge in [-0.25, -0.2) is 0 Å². The molecule has 3 heteroatoms. The largest absolute Gasteiger partial charge is 0.396 e. The van der Waals surface area contributed by atoms with Crippen molar-refractivity contribution in [1.29, 1.82) is 0 Å². The third-order valence-electron chi connectivity index (χ3n) is 1.85. The van der Waals surface area contributed by atoms with E-state index in [9.17, 15) is 0 Å². The second-order valence-corrected chi connectivity index (χ2v) is 3.85. The van der Waals surface area contributed by atoms with Gasteiger partial charge in [-0.3, -0.25) is 0 Å². The van der Waals surface area contributed by atoms with Crippen molar-refractivity contribution in [1.82, 2.24) is 0 Å². The Hall–Kier alpha value is -0.240. The van der Waals surface area contributed by atoms with Crippen LogP contribution in [0.3, 0.4) is 0 Å². The Morgan fingerprint density at radius 2 is 1.85 bits per heavy atom. The quantitative estimate of drug-likeness (QED) is 0.769. The molecular formula is C10H12Cl2O. The van der Waals surface area contributed by atoms with Crippen molar-refractivity contribution in [3.8, 4) is 0 Å². The molecule has 0 aliphatic carbocycles. The van der Waals surface area contributed by atoms with Crippen LogP contribution >= 0.6 is 23.2 Å². The van der Waals surface area contributed by atoms with Gasteiger partial charge in [-0.1, -0.05) is 23.7 Å². The van der Waals surface area contributed by atoms with Crippen LogP contribution in [0, 0.1) is 0 Å². The molecule has 0 aliphatic heterocycles. The first kappa shape index (κ1) is 10.8. The highest BCUT2D eigenvalue weighted by molar-refractivity contribution is 6.30. The molecule has 0 amide bonds. The van der Waals surface area contributed by atoms with Gasteiger partial charge in [0.2, 0.25) is 0 Å². The third kappa shape index (κ3) is 3.55. The SMILES string of the molecule is OCCCC(Cl)c1ccc(Cl)cc1. The third-order valence-corrected chi connectivity index (χ3v) is 2.57. The van der Waals surface area contributed by atoms with Crippen LogP contribution in [0.4, 0.5) is 0 Å². The molecule has 0 saturated heterocycles. The summed E-state index contributed by atoms with van der Waals surface area (Å²) in [5.74, 6) is 0. The zero-order chi connectivity index (χ0) is 9.68. The minimum Gasteiger partial charge on any atom is -0.396 e. The maximum Gasteiger partial charge on any atom is 0.0586 e. The molecule has 0 bridgehead atoms. The average molecular weight is 219 g/mol. The molecule has 1 rings (SSSR count). The van der Waals surface area contributed by atoms with Crippen molar-refractivity contribution in [3.63, 3.8) is 0 Å². The lowest BCUT2D eigenvalue weighted by atomic mass is 10.1. The van der Waals surface area contributed by atoms with E-state index < -0.39 is 0 Å². The Bertz CT molecular complexity index is 246. The topological polar surface area (TPSA) is 20.2 Å². The minimum absolute atomic E-state index is 0.0237. The molecule has 0 aliphatic rings. The van der Waals surface area contributed by atoms with E-state index in [1.807, 2.05) is 24.3 Å². The number of hydrogen-bond acceptors (Lipinski definition) is 1. The Morgan fingerprint density at radius 3 is 2.38 bits per heavy atom. The molecule has 1 aromatic rings. The molecule has 1 N–H and O–H groups in total. The van der Waals surface area contributed by atoms with Gasteiger partial charge in [0.1, 0.15) is 0 Å². The summed E-state index contributed by atoms with van der Waals surface area (Å²) in [4.78, 5) is 0. The number of aliphatic hydroxyl groups is 1. The zero-order valence-electron chi connectivity index (χ0n) is 7.21. The van der Waals surface area contributed by atoms with E-state index in [0.717, 1.165) is 23.4 Å². The minimum atomic E-state index is -0.0237. The maximum atomic E-state index is 8.63. The van der Waals surface area contributed by atoms with Crippen LogP contribution in [-0.4, -0.2) is 11.7 Å². The zero-order valence-corrected chi connectivity index (χ0v) is 8.72. The summed E-state index contributed by atoms with van der Waals surface area (Å²) in [7, 11) is 0. The molecule has 0 heterocycles. The van der Waals surface area contributed by atoms with Gasteiger partial charge in [0.15, 0.2) is 0 Å². The molecule has 72 valence electrons. The normalized spacial score (nSPS) is 12.8. The number of aliphatic hydroxyl groups excluding tert-OH is 1. The monoisotopic (exact) mass is 218 g/mol. The van der Waals surface area contributed by atoms with Gasteiger partial charge in [-0.15, -0.1) is 11.6 Å². The number of halogens is 2. The fourth-order valence-corrected chi connectivity index (χ4v) is 1.53. The second kappa shape index (κ2) is 5.48. The standard InChI is InChI=1S/C10H12Cl2O/c11-9-5-3-8(4-6-9)10(12)2-1-7-13/h3-6,10,13H,1-2,7H2. The van der Waals surface area contributed by atoms with Crippen LogP contribution in [0.5, 0.6) is 0 Å². The molecule has 1 atom stereocenters. The number of benzene rings is 1. The average Bonchev–Trinajstić information content (AvgIpc) is 2.15. The molecule has 0 aromatic heterocycles. The lowest BCUT2D eigenvalue weighted by molar-refractivity contribution is 0.284. The van der Waals surface area contributed by atoms with E-state index in [4.69, 9.17) is 28.3 Å². The smallest absolute Gasteiger partial charge is 0.0586 e. The summed E-state index contributed by atoms with van der Waals surface area (Å²) >= 11 is 11.8. The van der Waals surface area contributed by atoms with E-state index in [1.54, 1.807) is 0 Å². The predicted molar refractivity (Wildman–Crippen MR) is 56.4 cm³/mol. The first-order valence-corrected chi connectivity index (χ1v) is 5.06. The molecule has 0 spiro atoms. The lowest BCUT2D eigenvalue weighted by Gasteiger charge is -2.08. The lowest BCUT2D eigenvalue weighted by Crippen LogP contribution is -1.92. The van der Waals surface area contributed by atoms with Crippen LogP contribution in [0.15, 0.2) is 24.3 Å². The summed E-state index contributed by atoms with van der Waals surface area (Å²) in [5.41, 5.74) is 1.06. The first-order chi connectivity index (χ1) is 6.24. The van der Waals surface area contributed by atoms with Crippen molar-refractivity contribution in [3.05, 3.63) is 34.9 Å². The summed E-state index contributed by atoms with van der Waals surface area (Å²) in [6.45, 7) is 0.191. The van der Waals surface area contributed by atoms with Crippen molar-refractivity contribution in [2.75, 3.05) is 6.61 Å². The summed E-state index contributed by atoms with van der Waals surface area (Å²) in [5, 5.41) is 9.32. The van der Waals surface area contributed by atoms with Gasteiger partial charge >= 0.3 is 0 Å². The predicted octanol–water partition coefficient (Wildman–Crippen LogP) is 3.39. The Kier molecular flexibility index (Phi) is 4.57. The van der Waals surface area contributed by atoms with E-state index in [0.29, 0.717) is 0 Å². The Morgan fingerprint density at radius 1 is 1.23 bits per heavy atom. The second-order valence-electron chi connectivity index (χ2n) is 2.88. The van der Waals surface area contributed by atoms with Crippen LogP contribution in [-0.2, 0) is 0 Å². The molecule has 1 nitrogen and oxygen atoms in total. The van der Waals surface area contributed by atoms with Gasteiger partial charge < -0.3 is 5.11 Å². The van der Waals surface area contributed by atoms with Crippen molar-refractivity contribution in [2.45, 2.75) is 18.2 Å². The van der Waals surface area contributed by atoms with Crippen molar-refractivity contribution in [2.24, 2.45) is 0 Å². The van der Waals surface area contributed by atoms with Crippen molar-refractivity contribution < 1.29 is 5.11 Å². The maximum absolute atomic E-state index is 8.63. The highest BCUT2D eigenvalue weighted by Gasteiger charge is 2.06. The van der Waals surface area contributed by atoms with Crippen LogP contribution in [0.1, 0.15) is 23.8 Å². The van der Waals surface area contributed by atoms with E-state index >= 15 is 0 Å². The summed E-state index contributed by atoms with van der Waals surface area (Å²) in [6.07, 6.45) is 1.52. The van der Waals surface area contributed by atoms with Gasteiger partial charge in [0.25, 0.3) is 0 Å². The van der Waals surface area contributed by atoms with Gasteiger partial charge in [0.05, 0.1) is 5.38 Å². The Labute approximate surface area is 88.3 Å². The van der Waals surface area contributed by atoms with E-state index in [-0.39, 0.29) is 12.0 Å². The fourth-order valence-electron chi connectivity index (χ4n) is 1.11.